The van der Waals surface area contributed by atoms with Crippen molar-refractivity contribution in [3.63, 3.8) is 0 Å². The molecule has 4 nitrogen and oxygen atoms in total. The van der Waals surface area contributed by atoms with Crippen LogP contribution in [0.4, 0.5) is 0 Å². The maximum absolute atomic E-state index is 9.66. The van der Waals surface area contributed by atoms with Crippen LogP contribution in [-0.4, -0.2) is 20.3 Å². The van der Waals surface area contributed by atoms with Crippen molar-refractivity contribution in [2.75, 3.05) is 0 Å². The van der Waals surface area contributed by atoms with Crippen LogP contribution in [0, 0.1) is 0 Å². The Morgan fingerprint density at radius 1 is 0.593 bits per heavy atom. The number of halogens is 1. The van der Waals surface area contributed by atoms with Crippen LogP contribution in [0.3, 0.4) is 0 Å². The maximum atomic E-state index is 9.66. The number of aromatic hydroxyl groups is 3. The van der Waals surface area contributed by atoms with Crippen LogP contribution in [0.25, 0.3) is 33.6 Å². The van der Waals surface area contributed by atoms with Gasteiger partial charge in [0.25, 0.3) is 0 Å². The highest BCUT2D eigenvalue weighted by atomic mass is 35.5. The van der Waals surface area contributed by atoms with Gasteiger partial charge in [-0.25, -0.2) is 0 Å². The number of hydrogen-bond donors (Lipinski definition) is 4. The third-order valence-electron chi connectivity index (χ3n) is 4.40. The van der Waals surface area contributed by atoms with Crippen molar-refractivity contribution in [3.05, 3.63) is 77.8 Å². The lowest BCUT2D eigenvalue weighted by atomic mass is 10.0. The average Bonchev–Trinajstić information content (AvgIpc) is 3.08. The summed E-state index contributed by atoms with van der Waals surface area (Å²) in [6, 6.07) is 20.7. The second kappa shape index (κ2) is 6.74. The Balaban J connectivity index is 1.92. The van der Waals surface area contributed by atoms with Gasteiger partial charge < -0.3 is 20.3 Å². The number of benzene rings is 3. The van der Waals surface area contributed by atoms with Gasteiger partial charge in [-0.1, -0.05) is 23.7 Å². The molecule has 5 heteroatoms. The lowest BCUT2D eigenvalue weighted by Gasteiger charge is -2.07. The van der Waals surface area contributed by atoms with Crippen LogP contribution >= 0.6 is 11.6 Å². The minimum Gasteiger partial charge on any atom is -0.508 e. The lowest BCUT2D eigenvalue weighted by Crippen LogP contribution is -1.84. The Kier molecular flexibility index (Phi) is 4.26. The van der Waals surface area contributed by atoms with Crippen molar-refractivity contribution in [1.29, 1.82) is 0 Å². The Morgan fingerprint density at radius 2 is 1.15 bits per heavy atom. The quantitative estimate of drug-likeness (QED) is 0.365. The fourth-order valence-corrected chi connectivity index (χ4v) is 3.31. The zero-order valence-electron chi connectivity index (χ0n) is 14.1. The molecular weight excluding hydrogens is 362 g/mol. The van der Waals surface area contributed by atoms with Gasteiger partial charge in [0.05, 0.1) is 10.7 Å². The fourth-order valence-electron chi connectivity index (χ4n) is 3.04. The molecule has 0 saturated heterocycles. The van der Waals surface area contributed by atoms with Crippen molar-refractivity contribution >= 4 is 11.6 Å². The smallest absolute Gasteiger partial charge is 0.117 e. The van der Waals surface area contributed by atoms with Crippen molar-refractivity contribution in [2.24, 2.45) is 0 Å². The molecule has 0 aliphatic rings. The Morgan fingerprint density at radius 3 is 1.74 bits per heavy atom. The molecule has 0 saturated carbocycles. The molecule has 134 valence electrons. The predicted molar refractivity (Wildman–Crippen MR) is 107 cm³/mol. The second-order valence-corrected chi connectivity index (χ2v) is 6.64. The predicted octanol–water partition coefficient (Wildman–Crippen LogP) is 5.79. The van der Waals surface area contributed by atoms with Crippen molar-refractivity contribution in [3.8, 4) is 50.9 Å². The van der Waals surface area contributed by atoms with E-state index in [-0.39, 0.29) is 17.2 Å². The Labute approximate surface area is 160 Å². The summed E-state index contributed by atoms with van der Waals surface area (Å²) >= 11 is 6.37. The molecule has 4 aromatic rings. The lowest BCUT2D eigenvalue weighted by molar-refractivity contribution is 0.475. The van der Waals surface area contributed by atoms with E-state index in [9.17, 15) is 15.3 Å². The first-order valence-corrected chi connectivity index (χ1v) is 8.70. The van der Waals surface area contributed by atoms with Crippen LogP contribution in [0.5, 0.6) is 17.2 Å². The molecular formula is C22H16ClNO3. The summed E-state index contributed by atoms with van der Waals surface area (Å²) in [5.74, 6) is 0.489. The van der Waals surface area contributed by atoms with Gasteiger partial charge in [0.15, 0.2) is 0 Å². The van der Waals surface area contributed by atoms with E-state index in [0.717, 1.165) is 33.6 Å². The number of phenols is 3. The van der Waals surface area contributed by atoms with E-state index in [4.69, 9.17) is 11.6 Å². The molecule has 0 fully saturated rings. The van der Waals surface area contributed by atoms with Crippen LogP contribution < -0.4 is 0 Å². The monoisotopic (exact) mass is 377 g/mol. The summed E-state index contributed by atoms with van der Waals surface area (Å²) in [5, 5.41) is 29.2. The number of phenolic OH excluding ortho intramolecular Hbond substituents is 3. The molecule has 1 heterocycles. The molecule has 0 amide bonds. The summed E-state index contributed by atoms with van der Waals surface area (Å²) in [4.78, 5) is 3.40. The maximum Gasteiger partial charge on any atom is 0.117 e. The summed E-state index contributed by atoms with van der Waals surface area (Å²) in [7, 11) is 0. The number of rotatable bonds is 3. The van der Waals surface area contributed by atoms with E-state index >= 15 is 0 Å². The molecule has 27 heavy (non-hydrogen) atoms. The summed E-state index contributed by atoms with van der Waals surface area (Å²) in [6.45, 7) is 0. The minimum absolute atomic E-state index is 0.0975. The van der Waals surface area contributed by atoms with Gasteiger partial charge in [0, 0.05) is 16.8 Å². The van der Waals surface area contributed by atoms with Crippen molar-refractivity contribution < 1.29 is 15.3 Å². The zero-order chi connectivity index (χ0) is 19.0. The number of aromatic amines is 1. The molecule has 0 unspecified atom stereocenters. The number of nitrogens with one attached hydrogen (secondary N) is 1. The molecule has 1 aromatic heterocycles. The first-order chi connectivity index (χ1) is 13.0. The molecule has 4 N–H and O–H groups in total. The highest BCUT2D eigenvalue weighted by Gasteiger charge is 2.16. The van der Waals surface area contributed by atoms with Gasteiger partial charge in [-0.3, -0.25) is 0 Å². The normalized spacial score (nSPS) is 10.9. The highest BCUT2D eigenvalue weighted by Crippen LogP contribution is 2.40. The average molecular weight is 378 g/mol. The third-order valence-corrected chi connectivity index (χ3v) is 4.71. The second-order valence-electron chi connectivity index (χ2n) is 6.23. The minimum atomic E-state index is 0.0975. The first kappa shape index (κ1) is 17.1. The topological polar surface area (TPSA) is 76.5 Å². The molecule has 4 rings (SSSR count). The molecule has 3 aromatic carbocycles. The van der Waals surface area contributed by atoms with Gasteiger partial charge in [-0.2, -0.15) is 0 Å². The molecule has 0 aliphatic carbocycles. The number of H-pyrrole nitrogens is 1. The van der Waals surface area contributed by atoms with E-state index in [2.05, 4.69) is 4.98 Å². The van der Waals surface area contributed by atoms with Gasteiger partial charge in [-0.05, 0) is 71.8 Å². The summed E-state index contributed by atoms with van der Waals surface area (Å²) in [6.07, 6.45) is 0. The van der Waals surface area contributed by atoms with Crippen molar-refractivity contribution in [2.45, 2.75) is 0 Å². The van der Waals surface area contributed by atoms with E-state index in [1.807, 2.05) is 30.3 Å². The first-order valence-electron chi connectivity index (χ1n) is 8.32. The van der Waals surface area contributed by atoms with Crippen LogP contribution in [0.2, 0.25) is 5.02 Å². The highest BCUT2D eigenvalue weighted by molar-refractivity contribution is 6.33. The molecule has 0 spiro atoms. The van der Waals surface area contributed by atoms with Crippen LogP contribution in [-0.2, 0) is 0 Å². The molecule has 0 bridgehead atoms. The third kappa shape index (κ3) is 3.35. The van der Waals surface area contributed by atoms with Crippen LogP contribution in [0.15, 0.2) is 72.8 Å². The van der Waals surface area contributed by atoms with Gasteiger partial charge >= 0.3 is 0 Å². The standard InChI is InChI=1S/C22H16ClNO3/c23-20-11-17(27)9-10-18(20)22-19(13-1-5-15(25)6-2-13)12-21(24-22)14-3-7-16(26)8-4-14/h1-12,24-27H. The molecule has 0 atom stereocenters. The zero-order valence-corrected chi connectivity index (χ0v) is 14.9. The SMILES string of the molecule is Oc1ccc(-c2cc(-c3ccc(O)cc3)c(-c3ccc(O)cc3Cl)[nH]2)cc1. The van der Waals surface area contributed by atoms with Crippen molar-refractivity contribution in [1.82, 2.24) is 4.98 Å². The number of hydrogen-bond acceptors (Lipinski definition) is 3. The Bertz CT molecular complexity index is 1100. The van der Waals surface area contributed by atoms with E-state index in [1.165, 1.54) is 6.07 Å². The van der Waals surface area contributed by atoms with Gasteiger partial charge in [0.1, 0.15) is 17.2 Å². The van der Waals surface area contributed by atoms with E-state index in [1.54, 1.807) is 36.4 Å². The fraction of sp³-hybridized carbons (Fsp3) is 0. The van der Waals surface area contributed by atoms with E-state index < -0.39 is 0 Å². The summed E-state index contributed by atoms with van der Waals surface area (Å²) < 4.78 is 0. The number of aromatic nitrogens is 1. The summed E-state index contributed by atoms with van der Waals surface area (Å²) in [5.41, 5.74) is 5.14. The Hall–Kier alpha value is -3.37. The van der Waals surface area contributed by atoms with Gasteiger partial charge in [-0.15, -0.1) is 0 Å². The molecule has 0 aliphatic heterocycles. The van der Waals surface area contributed by atoms with Crippen LogP contribution in [0.1, 0.15) is 0 Å². The molecule has 0 radical (unpaired) electrons. The van der Waals surface area contributed by atoms with E-state index in [0.29, 0.717) is 5.02 Å². The van der Waals surface area contributed by atoms with Gasteiger partial charge in [0.2, 0.25) is 0 Å². The largest absolute Gasteiger partial charge is 0.508 e.